The summed E-state index contributed by atoms with van der Waals surface area (Å²) in [6.07, 6.45) is 0. The van der Waals surface area contributed by atoms with E-state index in [1.165, 1.54) is 11.8 Å². The fourth-order valence-corrected chi connectivity index (χ4v) is 3.19. The van der Waals surface area contributed by atoms with Crippen molar-refractivity contribution >= 4 is 40.3 Å². The highest BCUT2D eigenvalue weighted by molar-refractivity contribution is 14.1. The predicted octanol–water partition coefficient (Wildman–Crippen LogP) is 3.38. The monoisotopic (exact) mass is 417 g/mol. The lowest BCUT2D eigenvalue weighted by Gasteiger charge is -2.12. The van der Waals surface area contributed by atoms with Crippen LogP contribution in [-0.2, 0) is 11.3 Å². The van der Waals surface area contributed by atoms with Gasteiger partial charge in [-0.2, -0.15) is 0 Å². The van der Waals surface area contributed by atoms with Gasteiger partial charge in [0.15, 0.2) is 11.0 Å². The van der Waals surface area contributed by atoms with E-state index in [0.717, 1.165) is 21.5 Å². The van der Waals surface area contributed by atoms with Gasteiger partial charge in [-0.3, -0.25) is 4.79 Å². The number of carbonyl (C=O) groups is 1. The molecule has 5 nitrogen and oxygen atoms in total. The van der Waals surface area contributed by atoms with E-state index in [0.29, 0.717) is 11.1 Å². The van der Waals surface area contributed by atoms with Crippen LogP contribution in [0.3, 0.4) is 0 Å². The predicted molar refractivity (Wildman–Crippen MR) is 91.4 cm³/mol. The van der Waals surface area contributed by atoms with Crippen LogP contribution in [0.25, 0.3) is 11.4 Å². The van der Waals surface area contributed by atoms with Crippen LogP contribution in [0.5, 0.6) is 0 Å². The molecule has 21 heavy (non-hydrogen) atoms. The highest BCUT2D eigenvalue weighted by Crippen LogP contribution is 2.28. The Balaban J connectivity index is 2.41. The molecular weight excluding hydrogens is 401 g/mol. The van der Waals surface area contributed by atoms with Crippen molar-refractivity contribution in [1.82, 2.24) is 14.8 Å². The Kier molecular flexibility index (Phi) is 5.63. The van der Waals surface area contributed by atoms with Gasteiger partial charge in [-0.15, -0.1) is 10.2 Å². The standard InChI is InChI=1S/C14H16IN3O2S/c1-9(2)7-18-13(10-5-3-4-6-11(10)15)16-17-14(18)21-8-12(19)20/h3-6,9H,7-8H2,1-2H3,(H,19,20). The topological polar surface area (TPSA) is 68.0 Å². The van der Waals surface area contributed by atoms with E-state index >= 15 is 0 Å². The van der Waals surface area contributed by atoms with Gasteiger partial charge in [-0.1, -0.05) is 43.8 Å². The van der Waals surface area contributed by atoms with Crippen molar-refractivity contribution in [3.8, 4) is 11.4 Å². The quantitative estimate of drug-likeness (QED) is 0.577. The van der Waals surface area contributed by atoms with Gasteiger partial charge in [0, 0.05) is 15.7 Å². The Labute approximate surface area is 141 Å². The maximum atomic E-state index is 10.8. The van der Waals surface area contributed by atoms with Crippen molar-refractivity contribution in [2.45, 2.75) is 25.5 Å². The van der Waals surface area contributed by atoms with E-state index in [1.54, 1.807) is 0 Å². The Bertz CT molecular complexity index is 643. The van der Waals surface area contributed by atoms with Gasteiger partial charge in [0.25, 0.3) is 0 Å². The molecule has 0 amide bonds. The minimum atomic E-state index is -0.852. The average Bonchev–Trinajstić information content (AvgIpc) is 2.79. The number of halogens is 1. The molecule has 0 radical (unpaired) electrons. The van der Waals surface area contributed by atoms with Gasteiger partial charge in [-0.05, 0) is 34.6 Å². The summed E-state index contributed by atoms with van der Waals surface area (Å²) in [6.45, 7) is 4.99. The molecular formula is C14H16IN3O2S. The molecule has 0 aliphatic rings. The minimum absolute atomic E-state index is 0.0118. The van der Waals surface area contributed by atoms with Gasteiger partial charge >= 0.3 is 5.97 Å². The highest BCUT2D eigenvalue weighted by Gasteiger charge is 2.17. The van der Waals surface area contributed by atoms with Crippen LogP contribution in [0, 0.1) is 9.49 Å². The molecule has 1 aromatic heterocycles. The molecule has 1 aromatic carbocycles. The van der Waals surface area contributed by atoms with Gasteiger partial charge in [0.1, 0.15) is 0 Å². The maximum Gasteiger partial charge on any atom is 0.313 e. The first-order valence-corrected chi connectivity index (χ1v) is 8.58. The first kappa shape index (κ1) is 16.3. The number of aromatic nitrogens is 3. The molecule has 0 aliphatic carbocycles. The van der Waals surface area contributed by atoms with Crippen molar-refractivity contribution in [1.29, 1.82) is 0 Å². The molecule has 0 saturated carbocycles. The van der Waals surface area contributed by atoms with Crippen molar-refractivity contribution in [2.75, 3.05) is 5.75 Å². The third-order valence-electron chi connectivity index (χ3n) is 2.70. The second-order valence-corrected chi connectivity index (χ2v) is 7.08. The Morgan fingerprint density at radius 1 is 1.38 bits per heavy atom. The zero-order valence-electron chi connectivity index (χ0n) is 11.8. The number of nitrogens with zero attached hydrogens (tertiary/aromatic N) is 3. The molecule has 0 bridgehead atoms. The van der Waals surface area contributed by atoms with E-state index in [9.17, 15) is 4.79 Å². The van der Waals surface area contributed by atoms with Gasteiger partial charge in [0.2, 0.25) is 0 Å². The molecule has 2 aromatic rings. The van der Waals surface area contributed by atoms with E-state index in [1.807, 2.05) is 28.8 Å². The van der Waals surface area contributed by atoms with Crippen LogP contribution >= 0.6 is 34.4 Å². The van der Waals surface area contributed by atoms with Crippen LogP contribution < -0.4 is 0 Å². The van der Waals surface area contributed by atoms with Crippen LogP contribution in [-0.4, -0.2) is 31.6 Å². The summed E-state index contributed by atoms with van der Waals surface area (Å²) < 4.78 is 3.11. The summed E-state index contributed by atoms with van der Waals surface area (Å²) in [5.41, 5.74) is 1.02. The van der Waals surface area contributed by atoms with Crippen molar-refractivity contribution in [3.05, 3.63) is 27.8 Å². The zero-order valence-corrected chi connectivity index (χ0v) is 14.8. The molecule has 1 N–H and O–H groups in total. The lowest BCUT2D eigenvalue weighted by atomic mass is 10.2. The molecule has 0 spiro atoms. The second-order valence-electron chi connectivity index (χ2n) is 4.97. The largest absolute Gasteiger partial charge is 0.481 e. The van der Waals surface area contributed by atoms with Crippen LogP contribution in [0.2, 0.25) is 0 Å². The fourth-order valence-electron chi connectivity index (χ4n) is 1.89. The normalized spacial score (nSPS) is 11.0. The first-order chi connectivity index (χ1) is 9.99. The molecule has 0 atom stereocenters. The summed E-state index contributed by atoms with van der Waals surface area (Å²) in [4.78, 5) is 10.8. The number of carboxylic acid groups (broad SMARTS) is 1. The Morgan fingerprint density at radius 3 is 2.71 bits per heavy atom. The third kappa shape index (κ3) is 4.19. The SMILES string of the molecule is CC(C)Cn1c(SCC(=O)O)nnc1-c1ccccc1I. The van der Waals surface area contributed by atoms with Crippen molar-refractivity contribution in [2.24, 2.45) is 5.92 Å². The lowest BCUT2D eigenvalue weighted by Crippen LogP contribution is -2.09. The number of thioether (sulfide) groups is 1. The summed E-state index contributed by atoms with van der Waals surface area (Å²) in [7, 11) is 0. The van der Waals surface area contributed by atoms with E-state index in [-0.39, 0.29) is 5.75 Å². The number of aliphatic carboxylic acids is 1. The average molecular weight is 417 g/mol. The van der Waals surface area contributed by atoms with Crippen LogP contribution in [0.1, 0.15) is 13.8 Å². The summed E-state index contributed by atoms with van der Waals surface area (Å²) in [5.74, 6) is 0.351. The molecule has 0 saturated heterocycles. The molecule has 112 valence electrons. The van der Waals surface area contributed by atoms with E-state index in [4.69, 9.17) is 5.11 Å². The molecule has 0 aliphatic heterocycles. The molecule has 0 fully saturated rings. The molecule has 0 unspecified atom stereocenters. The smallest absolute Gasteiger partial charge is 0.313 e. The minimum Gasteiger partial charge on any atom is -0.481 e. The number of hydrogen-bond acceptors (Lipinski definition) is 4. The zero-order chi connectivity index (χ0) is 15.4. The summed E-state index contributed by atoms with van der Waals surface area (Å²) in [5, 5.41) is 17.9. The molecule has 7 heteroatoms. The number of hydrogen-bond donors (Lipinski definition) is 1. The van der Waals surface area contributed by atoms with E-state index < -0.39 is 5.97 Å². The second kappa shape index (κ2) is 7.26. The van der Waals surface area contributed by atoms with Crippen molar-refractivity contribution < 1.29 is 9.90 Å². The number of benzene rings is 1. The molecule has 1 heterocycles. The number of rotatable bonds is 6. The fraction of sp³-hybridized carbons (Fsp3) is 0.357. The van der Waals surface area contributed by atoms with Crippen molar-refractivity contribution in [3.63, 3.8) is 0 Å². The Hall–Kier alpha value is -1.09. The van der Waals surface area contributed by atoms with Crippen LogP contribution in [0.4, 0.5) is 0 Å². The van der Waals surface area contributed by atoms with Gasteiger partial charge < -0.3 is 9.67 Å². The summed E-state index contributed by atoms with van der Waals surface area (Å²) >= 11 is 3.48. The first-order valence-electron chi connectivity index (χ1n) is 6.51. The maximum absolute atomic E-state index is 10.8. The molecule has 2 rings (SSSR count). The third-order valence-corrected chi connectivity index (χ3v) is 4.60. The summed E-state index contributed by atoms with van der Waals surface area (Å²) in [6, 6.07) is 7.98. The highest BCUT2D eigenvalue weighted by atomic mass is 127. The Morgan fingerprint density at radius 2 is 2.10 bits per heavy atom. The van der Waals surface area contributed by atoms with Crippen LogP contribution in [0.15, 0.2) is 29.4 Å². The number of carboxylic acids is 1. The van der Waals surface area contributed by atoms with E-state index in [2.05, 4.69) is 46.6 Å². The van der Waals surface area contributed by atoms with Gasteiger partial charge in [0.05, 0.1) is 5.75 Å². The lowest BCUT2D eigenvalue weighted by molar-refractivity contribution is -0.133. The van der Waals surface area contributed by atoms with Gasteiger partial charge in [-0.25, -0.2) is 0 Å².